The fourth-order valence-corrected chi connectivity index (χ4v) is 3.15. The van der Waals surface area contributed by atoms with Crippen LogP contribution in [0.5, 0.6) is 5.75 Å². The molecule has 0 aliphatic rings. The number of halogens is 3. The summed E-state index contributed by atoms with van der Waals surface area (Å²) in [6.45, 7) is 0.00283. The Balaban J connectivity index is 1.86. The second-order valence-electron chi connectivity index (χ2n) is 6.17. The number of amides is 1. The molecule has 7 heteroatoms. The third-order valence-corrected chi connectivity index (χ3v) is 4.92. The molecule has 0 aromatic heterocycles. The van der Waals surface area contributed by atoms with Crippen molar-refractivity contribution in [2.45, 2.75) is 6.61 Å². The molecular formula is C23H15BrClFN2O2. The molecule has 0 aliphatic heterocycles. The molecule has 0 saturated carbocycles. The minimum absolute atomic E-state index is 0.00283. The highest BCUT2D eigenvalue weighted by Crippen LogP contribution is 2.27. The molecule has 3 rings (SSSR count). The number of ether oxygens (including phenoxy) is 1. The number of rotatable bonds is 6. The van der Waals surface area contributed by atoms with E-state index in [1.165, 1.54) is 12.1 Å². The van der Waals surface area contributed by atoms with Crippen LogP contribution in [0.4, 0.5) is 10.1 Å². The molecule has 0 saturated heterocycles. The fourth-order valence-electron chi connectivity index (χ4n) is 2.59. The van der Waals surface area contributed by atoms with Crippen LogP contribution >= 0.6 is 27.5 Å². The molecule has 3 aromatic rings. The van der Waals surface area contributed by atoms with Crippen molar-refractivity contribution in [1.82, 2.24) is 0 Å². The van der Waals surface area contributed by atoms with Gasteiger partial charge in [-0.1, -0.05) is 57.9 Å². The van der Waals surface area contributed by atoms with Crippen LogP contribution in [0.1, 0.15) is 11.1 Å². The normalized spacial score (nSPS) is 10.9. The van der Waals surface area contributed by atoms with E-state index in [0.717, 1.165) is 4.47 Å². The van der Waals surface area contributed by atoms with Crippen LogP contribution in [0.25, 0.3) is 6.08 Å². The van der Waals surface area contributed by atoms with E-state index in [0.29, 0.717) is 27.6 Å². The van der Waals surface area contributed by atoms with Crippen LogP contribution in [0.2, 0.25) is 5.02 Å². The maximum Gasteiger partial charge on any atom is 0.266 e. The minimum atomic E-state index is -0.606. The molecule has 0 heterocycles. The molecule has 0 bridgehead atoms. The largest absolute Gasteiger partial charge is 0.488 e. The lowest BCUT2D eigenvalue weighted by Gasteiger charge is -2.11. The molecule has 0 aliphatic carbocycles. The number of nitriles is 1. The lowest BCUT2D eigenvalue weighted by atomic mass is 10.1. The van der Waals surface area contributed by atoms with Gasteiger partial charge >= 0.3 is 0 Å². The van der Waals surface area contributed by atoms with Crippen molar-refractivity contribution in [1.29, 1.82) is 5.26 Å². The van der Waals surface area contributed by atoms with Gasteiger partial charge in [0.25, 0.3) is 5.91 Å². The van der Waals surface area contributed by atoms with Crippen molar-refractivity contribution >= 4 is 45.2 Å². The molecule has 4 nitrogen and oxygen atoms in total. The van der Waals surface area contributed by atoms with E-state index in [2.05, 4.69) is 21.2 Å². The van der Waals surface area contributed by atoms with E-state index in [4.69, 9.17) is 16.3 Å². The SMILES string of the molecule is N#C/C(=C\c1cc(Br)ccc1OCc1ccccc1F)C(=O)Nc1ccccc1Cl. The third-order valence-electron chi connectivity index (χ3n) is 4.10. The Hall–Kier alpha value is -3.14. The first-order valence-corrected chi connectivity index (χ1v) is 9.98. The molecule has 3 aromatic carbocycles. The molecule has 1 N–H and O–H groups in total. The Morgan fingerprint density at radius 3 is 2.63 bits per heavy atom. The van der Waals surface area contributed by atoms with E-state index in [1.807, 2.05) is 6.07 Å². The number of hydrogen-bond donors (Lipinski definition) is 1. The standard InChI is InChI=1S/C23H15BrClFN2O2/c24-18-9-10-22(30-14-15-5-1-3-7-20(15)26)16(12-18)11-17(13-27)23(29)28-21-8-4-2-6-19(21)25/h1-12H,14H2,(H,28,29)/b17-11+. The summed E-state index contributed by atoms with van der Waals surface area (Å²) < 4.78 is 20.3. The molecule has 0 spiro atoms. The van der Waals surface area contributed by atoms with Gasteiger partial charge in [-0.25, -0.2) is 4.39 Å². The number of nitrogens with one attached hydrogen (secondary N) is 1. The van der Waals surface area contributed by atoms with Crippen LogP contribution in [-0.2, 0) is 11.4 Å². The summed E-state index contributed by atoms with van der Waals surface area (Å²) in [6.07, 6.45) is 1.41. The number of nitrogens with zero attached hydrogens (tertiary/aromatic N) is 1. The summed E-state index contributed by atoms with van der Waals surface area (Å²) in [6, 6.07) is 20.1. The first-order valence-electron chi connectivity index (χ1n) is 8.81. The number of carbonyl (C=O) groups excluding carboxylic acids is 1. The molecule has 0 radical (unpaired) electrons. The van der Waals surface area contributed by atoms with Crippen molar-refractivity contribution < 1.29 is 13.9 Å². The summed E-state index contributed by atoms with van der Waals surface area (Å²) in [5.41, 5.74) is 1.15. The van der Waals surface area contributed by atoms with Gasteiger partial charge in [0.15, 0.2) is 0 Å². The van der Waals surface area contributed by atoms with Gasteiger partial charge in [0, 0.05) is 15.6 Å². The van der Waals surface area contributed by atoms with E-state index < -0.39 is 5.91 Å². The van der Waals surface area contributed by atoms with Gasteiger partial charge in [0.05, 0.1) is 10.7 Å². The number of benzene rings is 3. The predicted molar refractivity (Wildman–Crippen MR) is 119 cm³/mol. The fraction of sp³-hybridized carbons (Fsp3) is 0.0435. The van der Waals surface area contributed by atoms with Gasteiger partial charge in [0.1, 0.15) is 29.8 Å². The lowest BCUT2D eigenvalue weighted by molar-refractivity contribution is -0.112. The first-order chi connectivity index (χ1) is 14.5. The average Bonchev–Trinajstić information content (AvgIpc) is 2.74. The Kier molecular flexibility index (Phi) is 7.23. The van der Waals surface area contributed by atoms with Crippen LogP contribution in [0.3, 0.4) is 0 Å². The van der Waals surface area contributed by atoms with Gasteiger partial charge in [-0.2, -0.15) is 5.26 Å². The Morgan fingerprint density at radius 2 is 1.90 bits per heavy atom. The maximum atomic E-state index is 13.9. The van der Waals surface area contributed by atoms with Gasteiger partial charge in [0.2, 0.25) is 0 Å². The van der Waals surface area contributed by atoms with Crippen LogP contribution in [0, 0.1) is 17.1 Å². The second-order valence-corrected chi connectivity index (χ2v) is 7.49. The quantitative estimate of drug-likeness (QED) is 0.326. The number of carbonyl (C=O) groups is 1. The van der Waals surface area contributed by atoms with E-state index in [1.54, 1.807) is 60.7 Å². The topological polar surface area (TPSA) is 62.1 Å². The number of para-hydroxylation sites is 1. The van der Waals surface area contributed by atoms with Gasteiger partial charge < -0.3 is 10.1 Å². The van der Waals surface area contributed by atoms with Crippen LogP contribution in [-0.4, -0.2) is 5.91 Å². The van der Waals surface area contributed by atoms with Crippen molar-refractivity contribution in [3.8, 4) is 11.8 Å². The second kappa shape index (κ2) is 10.1. The molecule has 0 atom stereocenters. The first kappa shape index (κ1) is 21.6. The molecule has 1 amide bonds. The van der Waals surface area contributed by atoms with Crippen molar-refractivity contribution in [2.75, 3.05) is 5.32 Å². The highest BCUT2D eigenvalue weighted by molar-refractivity contribution is 9.10. The zero-order chi connectivity index (χ0) is 21.5. The highest BCUT2D eigenvalue weighted by Gasteiger charge is 2.13. The van der Waals surface area contributed by atoms with E-state index in [9.17, 15) is 14.4 Å². The van der Waals surface area contributed by atoms with Crippen LogP contribution in [0.15, 0.2) is 76.8 Å². The summed E-state index contributed by atoms with van der Waals surface area (Å²) in [4.78, 5) is 12.6. The number of hydrogen-bond acceptors (Lipinski definition) is 3. The molecule has 0 unspecified atom stereocenters. The molecule has 0 fully saturated rings. The van der Waals surface area contributed by atoms with E-state index in [-0.39, 0.29) is 18.0 Å². The smallest absolute Gasteiger partial charge is 0.266 e. The van der Waals surface area contributed by atoms with Crippen LogP contribution < -0.4 is 10.1 Å². The van der Waals surface area contributed by atoms with Crippen molar-refractivity contribution in [2.24, 2.45) is 0 Å². The summed E-state index contributed by atoms with van der Waals surface area (Å²) in [5, 5.41) is 12.5. The molecule has 30 heavy (non-hydrogen) atoms. The maximum absolute atomic E-state index is 13.9. The zero-order valence-corrected chi connectivity index (χ0v) is 17.9. The third kappa shape index (κ3) is 5.47. The Labute approximate surface area is 186 Å². The van der Waals surface area contributed by atoms with Gasteiger partial charge in [-0.05, 0) is 42.5 Å². The van der Waals surface area contributed by atoms with Gasteiger partial charge in [-0.15, -0.1) is 0 Å². The van der Waals surface area contributed by atoms with Gasteiger partial charge in [-0.3, -0.25) is 4.79 Å². The lowest BCUT2D eigenvalue weighted by Crippen LogP contribution is -2.13. The average molecular weight is 486 g/mol. The van der Waals surface area contributed by atoms with Crippen molar-refractivity contribution in [3.05, 3.63) is 98.7 Å². The number of anilines is 1. The highest BCUT2D eigenvalue weighted by atomic mass is 79.9. The Bertz CT molecular complexity index is 1160. The predicted octanol–water partition coefficient (Wildman–Crippen LogP) is 6.37. The summed E-state index contributed by atoms with van der Waals surface area (Å²) in [7, 11) is 0. The molecular weight excluding hydrogens is 471 g/mol. The Morgan fingerprint density at radius 1 is 1.17 bits per heavy atom. The monoisotopic (exact) mass is 484 g/mol. The summed E-state index contributed by atoms with van der Waals surface area (Å²) in [5.74, 6) is -0.575. The molecule has 150 valence electrons. The van der Waals surface area contributed by atoms with E-state index >= 15 is 0 Å². The minimum Gasteiger partial charge on any atom is -0.488 e. The van der Waals surface area contributed by atoms with Crippen molar-refractivity contribution in [3.63, 3.8) is 0 Å². The zero-order valence-electron chi connectivity index (χ0n) is 15.5. The summed E-state index contributed by atoms with van der Waals surface area (Å²) >= 11 is 9.43.